The lowest BCUT2D eigenvalue weighted by atomic mass is 10.1. The molecule has 4 nitrogen and oxygen atoms in total. The molecule has 0 bridgehead atoms. The first-order valence-corrected chi connectivity index (χ1v) is 5.46. The van der Waals surface area contributed by atoms with Crippen LogP contribution >= 0.6 is 0 Å². The Hall–Kier alpha value is -2.36. The van der Waals surface area contributed by atoms with Crippen LogP contribution in [0.4, 0.5) is 0 Å². The minimum absolute atomic E-state index is 0.441. The van der Waals surface area contributed by atoms with Crippen molar-refractivity contribution in [1.82, 2.24) is 0 Å². The van der Waals surface area contributed by atoms with Gasteiger partial charge in [-0.15, -0.1) is 0 Å². The second-order valence-electron chi connectivity index (χ2n) is 4.05. The first-order valence-electron chi connectivity index (χ1n) is 5.46. The van der Waals surface area contributed by atoms with Crippen molar-refractivity contribution in [3.8, 4) is 0 Å². The molecule has 0 saturated heterocycles. The molecule has 2 amide bonds. The zero-order valence-electron chi connectivity index (χ0n) is 10.4. The van der Waals surface area contributed by atoms with Gasteiger partial charge in [0.1, 0.15) is 0 Å². The van der Waals surface area contributed by atoms with Crippen LogP contribution in [0.1, 0.15) is 25.0 Å². The van der Waals surface area contributed by atoms with Crippen LogP contribution in [-0.4, -0.2) is 11.8 Å². The summed E-state index contributed by atoms with van der Waals surface area (Å²) in [6.07, 6.45) is 3.41. The van der Waals surface area contributed by atoms with Crippen molar-refractivity contribution < 1.29 is 9.59 Å². The average molecular weight is 244 g/mol. The lowest BCUT2D eigenvalue weighted by molar-refractivity contribution is -0.115. The number of carbonyl (C=O) groups is 2. The van der Waals surface area contributed by atoms with Gasteiger partial charge in [-0.1, -0.05) is 24.3 Å². The summed E-state index contributed by atoms with van der Waals surface area (Å²) in [7, 11) is 0. The quantitative estimate of drug-likeness (QED) is 0.786. The standard InChI is InChI=1S/C14H16N2O2/c1-9(13(15)17)7-11-3-5-12(6-4-11)8-10(2)14(16)18/h3-8H,1-2H3,(H2,15,17)(H2,16,18)/b9-7+,10-8+. The van der Waals surface area contributed by atoms with E-state index in [9.17, 15) is 9.59 Å². The summed E-state index contributed by atoms with van der Waals surface area (Å²) in [4.78, 5) is 21.8. The molecule has 4 heteroatoms. The molecule has 1 aromatic carbocycles. The Morgan fingerprint density at radius 1 is 0.833 bits per heavy atom. The second kappa shape index (κ2) is 5.82. The molecule has 0 saturated carbocycles. The summed E-state index contributed by atoms with van der Waals surface area (Å²) in [6.45, 7) is 3.32. The van der Waals surface area contributed by atoms with E-state index in [0.29, 0.717) is 11.1 Å². The van der Waals surface area contributed by atoms with Crippen molar-refractivity contribution >= 4 is 24.0 Å². The summed E-state index contributed by atoms with van der Waals surface area (Å²) in [5.74, 6) is -0.882. The Balaban J connectivity index is 2.94. The molecule has 0 atom stereocenters. The minimum Gasteiger partial charge on any atom is -0.366 e. The minimum atomic E-state index is -0.441. The fourth-order valence-electron chi connectivity index (χ4n) is 1.33. The van der Waals surface area contributed by atoms with Crippen LogP contribution in [0.5, 0.6) is 0 Å². The number of hydrogen-bond acceptors (Lipinski definition) is 2. The van der Waals surface area contributed by atoms with Crippen LogP contribution in [0.15, 0.2) is 35.4 Å². The maximum atomic E-state index is 10.9. The van der Waals surface area contributed by atoms with Gasteiger partial charge in [-0.2, -0.15) is 0 Å². The van der Waals surface area contributed by atoms with Crippen molar-refractivity contribution in [1.29, 1.82) is 0 Å². The molecule has 94 valence electrons. The predicted molar refractivity (Wildman–Crippen MR) is 72.1 cm³/mol. The molecule has 0 aliphatic heterocycles. The molecule has 1 rings (SSSR count). The fourth-order valence-corrected chi connectivity index (χ4v) is 1.33. The van der Waals surface area contributed by atoms with Crippen LogP contribution in [0.25, 0.3) is 12.2 Å². The van der Waals surface area contributed by atoms with E-state index in [1.165, 1.54) is 0 Å². The van der Waals surface area contributed by atoms with E-state index in [-0.39, 0.29) is 0 Å². The van der Waals surface area contributed by atoms with Crippen molar-refractivity contribution in [2.24, 2.45) is 11.5 Å². The number of benzene rings is 1. The largest absolute Gasteiger partial charge is 0.366 e. The van der Waals surface area contributed by atoms with E-state index in [1.54, 1.807) is 26.0 Å². The molecule has 0 spiro atoms. The van der Waals surface area contributed by atoms with E-state index >= 15 is 0 Å². The number of amides is 2. The van der Waals surface area contributed by atoms with Crippen LogP contribution < -0.4 is 11.5 Å². The average Bonchev–Trinajstić information content (AvgIpc) is 2.31. The van der Waals surface area contributed by atoms with Crippen molar-refractivity contribution in [2.45, 2.75) is 13.8 Å². The number of carbonyl (C=O) groups excluding carboxylic acids is 2. The first-order chi connectivity index (χ1) is 8.40. The van der Waals surface area contributed by atoms with E-state index in [4.69, 9.17) is 11.5 Å². The smallest absolute Gasteiger partial charge is 0.244 e. The lowest BCUT2D eigenvalue weighted by Crippen LogP contribution is -2.11. The summed E-state index contributed by atoms with van der Waals surface area (Å²) >= 11 is 0. The Morgan fingerprint density at radius 3 is 1.33 bits per heavy atom. The van der Waals surface area contributed by atoms with Gasteiger partial charge in [0.25, 0.3) is 0 Å². The Kier molecular flexibility index (Phi) is 4.43. The number of nitrogens with two attached hydrogens (primary N) is 2. The number of hydrogen-bond donors (Lipinski definition) is 2. The molecule has 0 aromatic heterocycles. The van der Waals surface area contributed by atoms with Gasteiger partial charge >= 0.3 is 0 Å². The summed E-state index contributed by atoms with van der Waals surface area (Å²) in [5, 5.41) is 0. The zero-order chi connectivity index (χ0) is 13.7. The zero-order valence-corrected chi connectivity index (χ0v) is 10.4. The normalized spacial score (nSPS) is 12.3. The van der Waals surface area contributed by atoms with Crippen LogP contribution in [-0.2, 0) is 9.59 Å². The van der Waals surface area contributed by atoms with Gasteiger partial charge in [0.2, 0.25) is 11.8 Å². The highest BCUT2D eigenvalue weighted by Crippen LogP contribution is 2.11. The van der Waals surface area contributed by atoms with Gasteiger partial charge in [0.15, 0.2) is 0 Å². The molecular formula is C14H16N2O2. The predicted octanol–water partition coefficient (Wildman–Crippen LogP) is 1.46. The topological polar surface area (TPSA) is 86.2 Å². The van der Waals surface area contributed by atoms with Gasteiger partial charge in [0, 0.05) is 11.1 Å². The van der Waals surface area contributed by atoms with E-state index in [2.05, 4.69) is 0 Å². The molecule has 1 aromatic rings. The summed E-state index contributed by atoms with van der Waals surface area (Å²) in [6, 6.07) is 7.36. The number of rotatable bonds is 4. The van der Waals surface area contributed by atoms with Gasteiger partial charge in [0.05, 0.1) is 0 Å². The Bertz CT molecular complexity index is 476. The Labute approximate surface area is 106 Å². The maximum absolute atomic E-state index is 10.9. The first kappa shape index (κ1) is 13.7. The SMILES string of the molecule is C/C(=C\c1ccc(/C=C(\C)C(N)=O)cc1)C(N)=O. The molecule has 0 aliphatic rings. The van der Waals surface area contributed by atoms with E-state index in [0.717, 1.165) is 11.1 Å². The maximum Gasteiger partial charge on any atom is 0.244 e. The van der Waals surface area contributed by atoms with Crippen LogP contribution in [0, 0.1) is 0 Å². The van der Waals surface area contributed by atoms with E-state index in [1.807, 2.05) is 24.3 Å². The van der Waals surface area contributed by atoms with Crippen molar-refractivity contribution in [2.75, 3.05) is 0 Å². The number of primary amides is 2. The molecule has 0 heterocycles. The van der Waals surface area contributed by atoms with Gasteiger partial charge in [-0.3, -0.25) is 9.59 Å². The highest BCUT2D eigenvalue weighted by molar-refractivity contribution is 5.96. The molecule has 18 heavy (non-hydrogen) atoms. The summed E-state index contributed by atoms with van der Waals surface area (Å²) in [5.41, 5.74) is 13.0. The molecular weight excluding hydrogens is 228 g/mol. The molecule has 0 aliphatic carbocycles. The van der Waals surface area contributed by atoms with Crippen LogP contribution in [0.3, 0.4) is 0 Å². The van der Waals surface area contributed by atoms with E-state index < -0.39 is 11.8 Å². The van der Waals surface area contributed by atoms with Crippen molar-refractivity contribution in [3.05, 3.63) is 46.5 Å². The monoisotopic (exact) mass is 244 g/mol. The second-order valence-corrected chi connectivity index (χ2v) is 4.05. The third-order valence-electron chi connectivity index (χ3n) is 2.48. The van der Waals surface area contributed by atoms with Gasteiger partial charge < -0.3 is 11.5 Å². The van der Waals surface area contributed by atoms with Gasteiger partial charge in [-0.05, 0) is 37.1 Å². The Morgan fingerprint density at radius 2 is 1.11 bits per heavy atom. The lowest BCUT2D eigenvalue weighted by Gasteiger charge is -1.99. The summed E-state index contributed by atoms with van der Waals surface area (Å²) < 4.78 is 0. The molecule has 0 unspecified atom stereocenters. The highest BCUT2D eigenvalue weighted by atomic mass is 16.1. The third-order valence-corrected chi connectivity index (χ3v) is 2.48. The third kappa shape index (κ3) is 3.90. The van der Waals surface area contributed by atoms with Crippen molar-refractivity contribution in [3.63, 3.8) is 0 Å². The highest BCUT2D eigenvalue weighted by Gasteiger charge is 1.99. The molecule has 0 radical (unpaired) electrons. The molecule has 4 N–H and O–H groups in total. The van der Waals surface area contributed by atoms with Gasteiger partial charge in [-0.25, -0.2) is 0 Å². The van der Waals surface area contributed by atoms with Crippen LogP contribution in [0.2, 0.25) is 0 Å². The fraction of sp³-hybridized carbons (Fsp3) is 0.143. The molecule has 0 fully saturated rings.